The molecule has 1 aromatic rings. The van der Waals surface area contributed by atoms with Crippen LogP contribution in [0.3, 0.4) is 0 Å². The summed E-state index contributed by atoms with van der Waals surface area (Å²) in [6, 6.07) is 8.52. The molecule has 2 N–H and O–H groups in total. The standard InChI is InChI=1S/C12H16O4/c1-9(13)11(2,14)12(3,15)16-10-7-5-4-6-8-10/h4-8,14-15H,1-3H3/t11-,12-/m1/s1. The van der Waals surface area contributed by atoms with Crippen LogP contribution in [0.25, 0.3) is 0 Å². The van der Waals surface area contributed by atoms with Crippen molar-refractivity contribution in [3.05, 3.63) is 30.3 Å². The van der Waals surface area contributed by atoms with E-state index in [1.165, 1.54) is 20.8 Å². The monoisotopic (exact) mass is 224 g/mol. The Balaban J connectivity index is 2.92. The highest BCUT2D eigenvalue weighted by Crippen LogP contribution is 2.26. The van der Waals surface area contributed by atoms with Gasteiger partial charge in [0.1, 0.15) is 5.75 Å². The number of carbonyl (C=O) groups is 1. The Kier molecular flexibility index (Phi) is 3.35. The molecule has 4 heteroatoms. The molecule has 0 heterocycles. The Hall–Kier alpha value is -1.39. The van der Waals surface area contributed by atoms with Crippen LogP contribution in [0.15, 0.2) is 30.3 Å². The highest BCUT2D eigenvalue weighted by Gasteiger charge is 2.48. The summed E-state index contributed by atoms with van der Waals surface area (Å²) in [6.45, 7) is 3.67. The molecule has 0 aliphatic rings. The van der Waals surface area contributed by atoms with Gasteiger partial charge in [-0.2, -0.15) is 0 Å². The van der Waals surface area contributed by atoms with Crippen LogP contribution in [0.2, 0.25) is 0 Å². The third kappa shape index (κ3) is 2.40. The van der Waals surface area contributed by atoms with Crippen molar-refractivity contribution in [1.82, 2.24) is 0 Å². The first-order chi connectivity index (χ1) is 7.27. The quantitative estimate of drug-likeness (QED) is 0.752. The highest BCUT2D eigenvalue weighted by atomic mass is 16.6. The zero-order valence-electron chi connectivity index (χ0n) is 9.60. The van der Waals surface area contributed by atoms with Crippen molar-refractivity contribution in [1.29, 1.82) is 0 Å². The minimum atomic E-state index is -1.97. The molecule has 0 saturated carbocycles. The van der Waals surface area contributed by atoms with Gasteiger partial charge in [0, 0.05) is 6.92 Å². The zero-order chi connectivity index (χ0) is 12.4. The van der Waals surface area contributed by atoms with E-state index in [0.717, 1.165) is 0 Å². The number of hydrogen-bond acceptors (Lipinski definition) is 4. The van der Waals surface area contributed by atoms with Gasteiger partial charge in [0.25, 0.3) is 0 Å². The van der Waals surface area contributed by atoms with Gasteiger partial charge in [-0.25, -0.2) is 0 Å². The van der Waals surface area contributed by atoms with E-state index in [-0.39, 0.29) is 0 Å². The molecule has 0 bridgehead atoms. The number of aliphatic hydroxyl groups is 2. The second kappa shape index (κ2) is 4.23. The van der Waals surface area contributed by atoms with Crippen LogP contribution >= 0.6 is 0 Å². The number of ether oxygens (including phenoxy) is 1. The average molecular weight is 224 g/mol. The van der Waals surface area contributed by atoms with Crippen molar-refractivity contribution in [2.45, 2.75) is 32.2 Å². The number of Topliss-reactive ketones (excluding diaryl/α,β-unsaturated/α-hetero) is 1. The van der Waals surface area contributed by atoms with Crippen LogP contribution in [-0.2, 0) is 4.79 Å². The molecule has 0 aromatic heterocycles. The predicted octanol–water partition coefficient (Wildman–Crippen LogP) is 1.11. The number of hydrogen-bond donors (Lipinski definition) is 2. The first-order valence-electron chi connectivity index (χ1n) is 4.97. The number of para-hydroxylation sites is 1. The van der Waals surface area contributed by atoms with Crippen molar-refractivity contribution in [2.24, 2.45) is 0 Å². The maximum atomic E-state index is 11.2. The topological polar surface area (TPSA) is 66.8 Å². The Morgan fingerprint density at radius 1 is 1.19 bits per heavy atom. The van der Waals surface area contributed by atoms with E-state index >= 15 is 0 Å². The highest BCUT2D eigenvalue weighted by molar-refractivity contribution is 5.85. The fourth-order valence-corrected chi connectivity index (χ4v) is 1.14. The molecule has 0 amide bonds. The Labute approximate surface area is 94.5 Å². The Bertz CT molecular complexity index is 368. The first-order valence-corrected chi connectivity index (χ1v) is 4.97. The number of ketones is 1. The molecular formula is C12H16O4. The third-order valence-corrected chi connectivity index (χ3v) is 2.65. The predicted molar refractivity (Wildman–Crippen MR) is 59.0 cm³/mol. The Morgan fingerprint density at radius 3 is 2.12 bits per heavy atom. The second-order valence-electron chi connectivity index (χ2n) is 4.03. The molecule has 16 heavy (non-hydrogen) atoms. The van der Waals surface area contributed by atoms with E-state index in [1.807, 2.05) is 0 Å². The summed E-state index contributed by atoms with van der Waals surface area (Å²) in [5.41, 5.74) is -1.96. The summed E-state index contributed by atoms with van der Waals surface area (Å²) in [4.78, 5) is 11.2. The van der Waals surface area contributed by atoms with Gasteiger partial charge in [0.15, 0.2) is 11.4 Å². The van der Waals surface area contributed by atoms with E-state index in [4.69, 9.17) is 4.74 Å². The van der Waals surface area contributed by atoms with Gasteiger partial charge in [-0.3, -0.25) is 4.79 Å². The molecule has 0 aliphatic carbocycles. The summed E-state index contributed by atoms with van der Waals surface area (Å²) in [6.07, 6.45) is 0. The van der Waals surface area contributed by atoms with Gasteiger partial charge < -0.3 is 14.9 Å². The van der Waals surface area contributed by atoms with Gasteiger partial charge >= 0.3 is 0 Å². The summed E-state index contributed by atoms with van der Waals surface area (Å²) < 4.78 is 5.21. The van der Waals surface area contributed by atoms with Crippen LogP contribution in [0, 0.1) is 0 Å². The molecular weight excluding hydrogens is 208 g/mol. The molecule has 0 unspecified atom stereocenters. The van der Waals surface area contributed by atoms with Crippen LogP contribution in [0.1, 0.15) is 20.8 Å². The van der Waals surface area contributed by atoms with Crippen molar-refractivity contribution < 1.29 is 19.7 Å². The van der Waals surface area contributed by atoms with Gasteiger partial charge in [0.05, 0.1) is 0 Å². The first kappa shape index (κ1) is 12.7. The van der Waals surface area contributed by atoms with Crippen molar-refractivity contribution in [3.8, 4) is 5.75 Å². The van der Waals surface area contributed by atoms with Crippen LogP contribution < -0.4 is 4.74 Å². The van der Waals surface area contributed by atoms with Crippen LogP contribution in [-0.4, -0.2) is 27.4 Å². The summed E-state index contributed by atoms with van der Waals surface area (Å²) >= 11 is 0. The molecule has 1 rings (SSSR count). The molecule has 4 nitrogen and oxygen atoms in total. The van der Waals surface area contributed by atoms with Crippen molar-refractivity contribution in [2.75, 3.05) is 0 Å². The average Bonchev–Trinajstić information content (AvgIpc) is 2.18. The fourth-order valence-electron chi connectivity index (χ4n) is 1.14. The molecule has 0 saturated heterocycles. The zero-order valence-corrected chi connectivity index (χ0v) is 9.60. The lowest BCUT2D eigenvalue weighted by Gasteiger charge is -2.36. The fraction of sp³-hybridized carbons (Fsp3) is 0.417. The maximum Gasteiger partial charge on any atom is 0.241 e. The van der Waals surface area contributed by atoms with E-state index in [1.54, 1.807) is 30.3 Å². The van der Waals surface area contributed by atoms with Gasteiger partial charge in [0.2, 0.25) is 5.79 Å². The lowest BCUT2D eigenvalue weighted by atomic mass is 9.92. The lowest BCUT2D eigenvalue weighted by molar-refractivity contribution is -0.232. The molecule has 0 fully saturated rings. The molecule has 1 aromatic carbocycles. The minimum absolute atomic E-state index is 0.383. The smallest absolute Gasteiger partial charge is 0.241 e. The Morgan fingerprint density at radius 2 is 1.69 bits per heavy atom. The van der Waals surface area contributed by atoms with E-state index in [2.05, 4.69) is 0 Å². The van der Waals surface area contributed by atoms with Crippen LogP contribution in [0.5, 0.6) is 5.75 Å². The second-order valence-corrected chi connectivity index (χ2v) is 4.03. The number of carbonyl (C=O) groups excluding carboxylic acids is 1. The third-order valence-electron chi connectivity index (χ3n) is 2.65. The van der Waals surface area contributed by atoms with Crippen LogP contribution in [0.4, 0.5) is 0 Å². The normalized spacial score (nSPS) is 18.3. The largest absolute Gasteiger partial charge is 0.459 e. The van der Waals surface area contributed by atoms with Gasteiger partial charge in [-0.05, 0) is 26.0 Å². The van der Waals surface area contributed by atoms with Gasteiger partial charge in [-0.15, -0.1) is 0 Å². The number of benzene rings is 1. The molecule has 2 atom stereocenters. The summed E-state index contributed by atoms with van der Waals surface area (Å²) in [5.74, 6) is -2.15. The SMILES string of the molecule is CC(=O)[C@@](C)(O)[C@](C)(O)Oc1ccccc1. The summed E-state index contributed by atoms with van der Waals surface area (Å²) in [5, 5.41) is 19.8. The molecule has 0 aliphatic heterocycles. The molecule has 0 radical (unpaired) electrons. The minimum Gasteiger partial charge on any atom is -0.459 e. The van der Waals surface area contributed by atoms with E-state index in [0.29, 0.717) is 5.75 Å². The van der Waals surface area contributed by atoms with Crippen molar-refractivity contribution >= 4 is 5.78 Å². The van der Waals surface area contributed by atoms with Crippen molar-refractivity contribution in [3.63, 3.8) is 0 Å². The van der Waals surface area contributed by atoms with Gasteiger partial charge in [-0.1, -0.05) is 18.2 Å². The maximum absolute atomic E-state index is 11.2. The van der Waals surface area contributed by atoms with E-state index in [9.17, 15) is 15.0 Å². The summed E-state index contributed by atoms with van der Waals surface area (Å²) in [7, 11) is 0. The molecule has 88 valence electrons. The molecule has 0 spiro atoms. The number of rotatable bonds is 4. The van der Waals surface area contributed by atoms with E-state index < -0.39 is 17.2 Å². The lowest BCUT2D eigenvalue weighted by Crippen LogP contribution is -2.58.